The minimum absolute atomic E-state index is 0.0584. The Morgan fingerprint density at radius 1 is 1.33 bits per heavy atom. The highest BCUT2D eigenvalue weighted by molar-refractivity contribution is 7.99. The molecule has 0 radical (unpaired) electrons. The van der Waals surface area contributed by atoms with Gasteiger partial charge in [-0.2, -0.15) is 0 Å². The van der Waals surface area contributed by atoms with Crippen LogP contribution in [0.15, 0.2) is 22.4 Å². The van der Waals surface area contributed by atoms with E-state index in [0.29, 0.717) is 5.03 Å². The molecule has 0 saturated carbocycles. The molecule has 3 heterocycles. The molecule has 0 amide bonds. The number of aromatic nitrogens is 4. The van der Waals surface area contributed by atoms with Crippen molar-refractivity contribution >= 4 is 23.4 Å². The number of carboxylic acids is 1. The van der Waals surface area contributed by atoms with E-state index in [4.69, 9.17) is 10.8 Å². The van der Waals surface area contributed by atoms with Crippen molar-refractivity contribution in [3.8, 4) is 0 Å². The molecular formula is C13H15N5O2S. The number of nitrogens with zero attached hydrogens (tertiary/aromatic N) is 4. The standard InChI is InChI=1S/C13H15N5O2S/c14-9-7-15-11(6-8(9)12(19)20)21-13-17-16-10-4-2-1-3-5-18(10)13/h6-7H,1-5,14H2,(H,19,20). The van der Waals surface area contributed by atoms with E-state index < -0.39 is 5.97 Å². The van der Waals surface area contributed by atoms with Gasteiger partial charge in [0.05, 0.1) is 17.4 Å². The Hall–Kier alpha value is -2.09. The van der Waals surface area contributed by atoms with Gasteiger partial charge in [0.2, 0.25) is 0 Å². The van der Waals surface area contributed by atoms with Crippen LogP contribution in [0.3, 0.4) is 0 Å². The number of anilines is 1. The minimum atomic E-state index is -1.06. The molecule has 21 heavy (non-hydrogen) atoms. The monoisotopic (exact) mass is 305 g/mol. The highest BCUT2D eigenvalue weighted by Crippen LogP contribution is 2.28. The lowest BCUT2D eigenvalue weighted by molar-refractivity contribution is 0.0697. The Morgan fingerprint density at radius 3 is 3.00 bits per heavy atom. The predicted octanol–water partition coefficient (Wildman–Crippen LogP) is 1.83. The summed E-state index contributed by atoms with van der Waals surface area (Å²) >= 11 is 1.32. The van der Waals surface area contributed by atoms with E-state index in [1.165, 1.54) is 30.4 Å². The van der Waals surface area contributed by atoms with Crippen LogP contribution < -0.4 is 5.73 Å². The van der Waals surface area contributed by atoms with Gasteiger partial charge in [0.25, 0.3) is 0 Å². The molecule has 0 unspecified atom stereocenters. The lowest BCUT2D eigenvalue weighted by atomic mass is 10.2. The number of carboxylic acid groups (broad SMARTS) is 1. The Bertz CT molecular complexity index is 685. The fourth-order valence-corrected chi connectivity index (χ4v) is 3.17. The third kappa shape index (κ3) is 2.85. The van der Waals surface area contributed by atoms with Crippen molar-refractivity contribution in [3.05, 3.63) is 23.7 Å². The Kier molecular flexibility index (Phi) is 3.78. The number of nitrogens with two attached hydrogens (primary N) is 1. The third-order valence-electron chi connectivity index (χ3n) is 3.41. The molecule has 2 aromatic rings. The molecule has 7 nitrogen and oxygen atoms in total. The third-order valence-corrected chi connectivity index (χ3v) is 4.33. The van der Waals surface area contributed by atoms with Gasteiger partial charge in [-0.1, -0.05) is 6.42 Å². The molecule has 3 N–H and O–H groups in total. The number of fused-ring (bicyclic) bond motifs is 1. The van der Waals surface area contributed by atoms with Gasteiger partial charge >= 0.3 is 5.97 Å². The summed E-state index contributed by atoms with van der Waals surface area (Å²) in [6, 6.07) is 1.47. The molecule has 110 valence electrons. The number of aromatic carboxylic acids is 1. The van der Waals surface area contributed by atoms with E-state index >= 15 is 0 Å². The van der Waals surface area contributed by atoms with Crippen molar-refractivity contribution in [2.75, 3.05) is 5.73 Å². The van der Waals surface area contributed by atoms with Crippen molar-refractivity contribution in [1.29, 1.82) is 0 Å². The van der Waals surface area contributed by atoms with Crippen LogP contribution in [-0.2, 0) is 13.0 Å². The maximum Gasteiger partial charge on any atom is 0.337 e. The van der Waals surface area contributed by atoms with Gasteiger partial charge in [0.15, 0.2) is 5.16 Å². The van der Waals surface area contributed by atoms with Gasteiger partial charge in [-0.25, -0.2) is 9.78 Å². The zero-order valence-corrected chi connectivity index (χ0v) is 12.1. The first-order valence-electron chi connectivity index (χ1n) is 6.74. The van der Waals surface area contributed by atoms with Crippen LogP contribution in [0.25, 0.3) is 0 Å². The number of carbonyl (C=O) groups is 1. The van der Waals surface area contributed by atoms with Crippen LogP contribution in [-0.4, -0.2) is 30.8 Å². The second-order valence-electron chi connectivity index (χ2n) is 4.88. The second kappa shape index (κ2) is 5.72. The summed E-state index contributed by atoms with van der Waals surface area (Å²) in [5.74, 6) is -0.0688. The molecule has 0 aliphatic carbocycles. The molecule has 0 saturated heterocycles. The summed E-state index contributed by atoms with van der Waals surface area (Å²) in [6.45, 7) is 0.894. The van der Waals surface area contributed by atoms with Crippen LogP contribution >= 0.6 is 11.8 Å². The van der Waals surface area contributed by atoms with Gasteiger partial charge < -0.3 is 15.4 Å². The van der Waals surface area contributed by atoms with E-state index in [1.807, 2.05) is 0 Å². The molecule has 1 aliphatic rings. The van der Waals surface area contributed by atoms with Gasteiger partial charge in [-0.15, -0.1) is 10.2 Å². The van der Waals surface area contributed by atoms with E-state index in [-0.39, 0.29) is 11.3 Å². The maximum atomic E-state index is 11.1. The first-order valence-corrected chi connectivity index (χ1v) is 7.55. The van der Waals surface area contributed by atoms with Gasteiger partial charge in [-0.3, -0.25) is 0 Å². The summed E-state index contributed by atoms with van der Waals surface area (Å²) in [7, 11) is 0. The first kappa shape index (κ1) is 13.9. The highest BCUT2D eigenvalue weighted by atomic mass is 32.2. The van der Waals surface area contributed by atoms with Gasteiger partial charge in [-0.05, 0) is 30.7 Å². The van der Waals surface area contributed by atoms with Crippen LogP contribution in [0.5, 0.6) is 0 Å². The maximum absolute atomic E-state index is 11.1. The van der Waals surface area contributed by atoms with Crippen LogP contribution in [0.1, 0.15) is 35.4 Å². The molecule has 1 aliphatic heterocycles. The zero-order valence-electron chi connectivity index (χ0n) is 11.3. The van der Waals surface area contributed by atoms with Crippen molar-refractivity contribution in [1.82, 2.24) is 19.7 Å². The molecule has 0 bridgehead atoms. The highest BCUT2D eigenvalue weighted by Gasteiger charge is 2.17. The van der Waals surface area contributed by atoms with E-state index in [0.717, 1.165) is 36.8 Å². The summed E-state index contributed by atoms with van der Waals surface area (Å²) in [5.41, 5.74) is 5.83. The molecule has 2 aromatic heterocycles. The molecule has 0 aromatic carbocycles. The minimum Gasteiger partial charge on any atom is -0.478 e. The summed E-state index contributed by atoms with van der Waals surface area (Å²) in [6.07, 6.45) is 5.73. The topological polar surface area (TPSA) is 107 Å². The first-order chi connectivity index (χ1) is 10.1. The van der Waals surface area contributed by atoms with E-state index in [1.54, 1.807) is 0 Å². The summed E-state index contributed by atoms with van der Waals surface area (Å²) in [4.78, 5) is 15.3. The molecule has 0 atom stereocenters. The molecule has 0 spiro atoms. The molecule has 8 heteroatoms. The average Bonchev–Trinajstić information content (AvgIpc) is 2.69. The van der Waals surface area contributed by atoms with Gasteiger partial charge in [0, 0.05) is 13.0 Å². The van der Waals surface area contributed by atoms with Gasteiger partial charge in [0.1, 0.15) is 10.9 Å². The van der Waals surface area contributed by atoms with Crippen molar-refractivity contribution < 1.29 is 9.90 Å². The predicted molar refractivity (Wildman–Crippen MR) is 77.3 cm³/mol. The average molecular weight is 305 g/mol. The van der Waals surface area contributed by atoms with Crippen molar-refractivity contribution in [2.24, 2.45) is 0 Å². The number of hydrogen-bond acceptors (Lipinski definition) is 6. The second-order valence-corrected chi connectivity index (χ2v) is 5.87. The van der Waals surface area contributed by atoms with Crippen molar-refractivity contribution in [2.45, 2.75) is 42.4 Å². The Morgan fingerprint density at radius 2 is 2.19 bits per heavy atom. The van der Waals surface area contributed by atoms with E-state index in [9.17, 15) is 4.79 Å². The fourth-order valence-electron chi connectivity index (χ4n) is 2.32. The zero-order chi connectivity index (χ0) is 14.8. The summed E-state index contributed by atoms with van der Waals surface area (Å²) < 4.78 is 2.09. The quantitative estimate of drug-likeness (QED) is 0.890. The van der Waals surface area contributed by atoms with Crippen LogP contribution in [0.2, 0.25) is 0 Å². The van der Waals surface area contributed by atoms with Crippen LogP contribution in [0.4, 0.5) is 5.69 Å². The van der Waals surface area contributed by atoms with E-state index in [2.05, 4.69) is 19.7 Å². The Balaban J connectivity index is 1.89. The molecule has 0 fully saturated rings. The number of pyridine rings is 1. The number of nitrogen functional groups attached to an aromatic ring is 1. The number of rotatable bonds is 3. The molecular weight excluding hydrogens is 290 g/mol. The number of hydrogen-bond donors (Lipinski definition) is 2. The largest absolute Gasteiger partial charge is 0.478 e. The lowest BCUT2D eigenvalue weighted by Crippen LogP contribution is -2.04. The number of aryl methyl sites for hydroxylation is 1. The SMILES string of the molecule is Nc1cnc(Sc2nnc3n2CCCCC3)cc1C(=O)O. The lowest BCUT2D eigenvalue weighted by Gasteiger charge is -2.07. The summed E-state index contributed by atoms with van der Waals surface area (Å²) in [5, 5.41) is 18.8. The fraction of sp³-hybridized carbons (Fsp3) is 0.385. The smallest absolute Gasteiger partial charge is 0.337 e. The van der Waals surface area contributed by atoms with Crippen molar-refractivity contribution in [3.63, 3.8) is 0 Å². The normalized spacial score (nSPS) is 14.5. The molecule has 3 rings (SSSR count). The Labute approximate surface area is 125 Å². The van der Waals surface area contributed by atoms with Crippen LogP contribution in [0, 0.1) is 0 Å².